The molecule has 286 valence electrons. The molecule has 6 amide bonds. The van der Waals surface area contributed by atoms with Gasteiger partial charge in [-0.2, -0.15) is 0 Å². The van der Waals surface area contributed by atoms with Crippen molar-refractivity contribution in [3.63, 3.8) is 0 Å². The molecule has 2 heterocycles. The van der Waals surface area contributed by atoms with Crippen molar-refractivity contribution in [2.24, 2.45) is 11.3 Å². The average Bonchev–Trinajstić information content (AvgIpc) is 3.49. The maximum absolute atomic E-state index is 14.3. The van der Waals surface area contributed by atoms with Crippen LogP contribution in [0.2, 0.25) is 0 Å². The summed E-state index contributed by atoms with van der Waals surface area (Å²) >= 11 is 0. The van der Waals surface area contributed by atoms with E-state index in [0.29, 0.717) is 26.1 Å². The summed E-state index contributed by atoms with van der Waals surface area (Å²) in [6, 6.07) is 20.2. The molecular formula is C40H55N7O6. The van der Waals surface area contributed by atoms with Crippen LogP contribution in [0.4, 0.5) is 14.4 Å². The van der Waals surface area contributed by atoms with Gasteiger partial charge in [-0.25, -0.2) is 24.3 Å². The van der Waals surface area contributed by atoms with Crippen LogP contribution in [0.25, 0.3) is 0 Å². The molecule has 13 nitrogen and oxygen atoms in total. The van der Waals surface area contributed by atoms with Crippen LogP contribution in [-0.4, -0.2) is 105 Å². The third-order valence-electron chi connectivity index (χ3n) is 9.25. The molecule has 2 aromatic carbocycles. The smallest absolute Gasteiger partial charge is 0.417 e. The second-order valence-electron chi connectivity index (χ2n) is 14.9. The number of aliphatic hydroxyl groups excluding tert-OH is 1. The third-order valence-corrected chi connectivity index (χ3v) is 9.25. The summed E-state index contributed by atoms with van der Waals surface area (Å²) in [5.74, 6) is -0.538. The van der Waals surface area contributed by atoms with Crippen LogP contribution in [-0.2, 0) is 29.0 Å². The van der Waals surface area contributed by atoms with Gasteiger partial charge < -0.3 is 25.0 Å². The van der Waals surface area contributed by atoms with E-state index in [-0.39, 0.29) is 43.9 Å². The number of rotatable bonds is 16. The van der Waals surface area contributed by atoms with E-state index >= 15 is 0 Å². The van der Waals surface area contributed by atoms with E-state index in [1.807, 2.05) is 107 Å². The molecule has 3 aromatic rings. The van der Waals surface area contributed by atoms with Gasteiger partial charge in [-0.15, -0.1) is 0 Å². The third kappa shape index (κ3) is 12.0. The molecule has 1 aliphatic rings. The first-order chi connectivity index (χ1) is 25.3. The summed E-state index contributed by atoms with van der Waals surface area (Å²) in [6.45, 7) is 11.1. The number of hydrogen-bond donors (Lipinski definition) is 3. The summed E-state index contributed by atoms with van der Waals surface area (Å²) in [5.41, 5.74) is 5.04. The Bertz CT molecular complexity index is 1620. The average molecular weight is 730 g/mol. The summed E-state index contributed by atoms with van der Waals surface area (Å²) in [4.78, 5) is 62.9. The van der Waals surface area contributed by atoms with Crippen molar-refractivity contribution in [3.8, 4) is 0 Å². The Hall–Kier alpha value is -5.01. The lowest BCUT2D eigenvalue weighted by atomic mass is 9.95. The topological polar surface area (TPSA) is 148 Å². The molecule has 4 atom stereocenters. The minimum absolute atomic E-state index is 0.0891. The summed E-state index contributed by atoms with van der Waals surface area (Å²) < 4.78 is 4.92. The minimum Gasteiger partial charge on any atom is -0.452 e. The van der Waals surface area contributed by atoms with E-state index in [1.54, 1.807) is 22.2 Å². The molecule has 1 aromatic heterocycles. The molecule has 0 radical (unpaired) electrons. The summed E-state index contributed by atoms with van der Waals surface area (Å²) in [5, 5.41) is 16.6. The lowest BCUT2D eigenvalue weighted by molar-refractivity contribution is -0.128. The minimum atomic E-state index is -1.19. The maximum Gasteiger partial charge on any atom is 0.417 e. The van der Waals surface area contributed by atoms with Crippen LogP contribution in [0.15, 0.2) is 85.2 Å². The number of hydrogen-bond acceptors (Lipinski definition) is 8. The van der Waals surface area contributed by atoms with Gasteiger partial charge >= 0.3 is 18.2 Å². The van der Waals surface area contributed by atoms with Crippen LogP contribution < -0.4 is 10.7 Å². The molecule has 0 spiro atoms. The van der Waals surface area contributed by atoms with E-state index in [2.05, 4.69) is 15.7 Å². The molecule has 13 heteroatoms. The first kappa shape index (κ1) is 40.8. The van der Waals surface area contributed by atoms with E-state index in [1.165, 1.54) is 12.1 Å². The number of imide groups is 1. The number of methoxy groups -OCH3 is 1. The number of benzene rings is 2. The highest BCUT2D eigenvalue weighted by Gasteiger charge is 2.41. The number of aromatic nitrogens is 1. The molecule has 4 rings (SSSR count). The summed E-state index contributed by atoms with van der Waals surface area (Å²) in [7, 11) is 1.22. The van der Waals surface area contributed by atoms with Gasteiger partial charge in [0.2, 0.25) is 5.91 Å². The Morgan fingerprint density at radius 1 is 0.962 bits per heavy atom. The molecule has 3 N–H and O–H groups in total. The Labute approximate surface area is 313 Å². The van der Waals surface area contributed by atoms with E-state index in [4.69, 9.17) is 4.74 Å². The van der Waals surface area contributed by atoms with E-state index in [0.717, 1.165) is 21.6 Å². The lowest BCUT2D eigenvalue weighted by Gasteiger charge is -2.35. The standard InChI is InChI=1S/C40H55N7O6/c1-7-29(2)35(46-22-21-44(38(46)51)25-32-19-14-20-41-24-32)36(49)42-33(23-30-15-10-8-11-16-30)34(48)27-45(26-31-17-12-9-13-18-31)43-37(50)47(39(52)53-6)28-40(3,4)5/h8-20,24,29,33-35,48H,7,21-23,25-28H2,1-6H3,(H,42,49)(H,43,50). The zero-order chi connectivity index (χ0) is 38.5. The number of hydrazine groups is 1. The number of ether oxygens (including phenoxy) is 1. The number of pyridine rings is 1. The van der Waals surface area contributed by atoms with Crippen LogP contribution in [0.1, 0.15) is 57.7 Å². The second kappa shape index (κ2) is 19.2. The maximum atomic E-state index is 14.3. The predicted molar refractivity (Wildman–Crippen MR) is 202 cm³/mol. The Balaban J connectivity index is 1.59. The van der Waals surface area contributed by atoms with Gasteiger partial charge in [0.25, 0.3) is 0 Å². The van der Waals surface area contributed by atoms with E-state index in [9.17, 15) is 24.3 Å². The quantitative estimate of drug-likeness (QED) is 0.173. The van der Waals surface area contributed by atoms with Gasteiger partial charge in [0.15, 0.2) is 0 Å². The number of urea groups is 2. The van der Waals surface area contributed by atoms with Crippen molar-refractivity contribution in [1.29, 1.82) is 0 Å². The second-order valence-corrected chi connectivity index (χ2v) is 14.9. The molecule has 4 unspecified atom stereocenters. The van der Waals surface area contributed by atoms with Gasteiger partial charge in [-0.05, 0) is 40.5 Å². The molecule has 1 aliphatic heterocycles. The number of nitrogens with one attached hydrogen (secondary N) is 2. The highest BCUT2D eigenvalue weighted by Crippen LogP contribution is 2.23. The van der Waals surface area contributed by atoms with E-state index < -0.39 is 35.7 Å². The van der Waals surface area contributed by atoms with Crippen LogP contribution in [0.5, 0.6) is 0 Å². The summed E-state index contributed by atoms with van der Waals surface area (Å²) in [6.07, 6.45) is 2.35. The van der Waals surface area contributed by atoms with Crippen molar-refractivity contribution in [2.75, 3.05) is 33.3 Å². The van der Waals surface area contributed by atoms with Crippen molar-refractivity contribution >= 4 is 24.1 Å². The Morgan fingerprint density at radius 2 is 1.60 bits per heavy atom. The molecule has 0 bridgehead atoms. The van der Waals surface area contributed by atoms with Crippen LogP contribution >= 0.6 is 0 Å². The first-order valence-corrected chi connectivity index (χ1v) is 18.2. The van der Waals surface area contributed by atoms with Gasteiger partial charge in [0, 0.05) is 51.7 Å². The van der Waals surface area contributed by atoms with Gasteiger partial charge in [-0.3, -0.25) is 15.2 Å². The van der Waals surface area contributed by atoms with Crippen molar-refractivity contribution in [2.45, 2.75) is 78.7 Å². The van der Waals surface area contributed by atoms with Gasteiger partial charge in [0.1, 0.15) is 6.04 Å². The van der Waals surface area contributed by atoms with Crippen molar-refractivity contribution in [3.05, 3.63) is 102 Å². The molecule has 53 heavy (non-hydrogen) atoms. The number of nitrogens with zero attached hydrogens (tertiary/aromatic N) is 5. The van der Waals surface area contributed by atoms with Crippen LogP contribution in [0, 0.1) is 11.3 Å². The van der Waals surface area contributed by atoms with Crippen LogP contribution in [0.3, 0.4) is 0 Å². The fourth-order valence-corrected chi connectivity index (χ4v) is 6.37. The fraction of sp³-hybridized carbons (Fsp3) is 0.475. The first-order valence-electron chi connectivity index (χ1n) is 18.2. The van der Waals surface area contributed by atoms with Crippen molar-refractivity contribution in [1.82, 2.24) is 35.4 Å². The van der Waals surface area contributed by atoms with Crippen molar-refractivity contribution < 1.29 is 29.0 Å². The fourth-order valence-electron chi connectivity index (χ4n) is 6.37. The molecule has 1 saturated heterocycles. The number of carbonyl (C=O) groups excluding carboxylic acids is 4. The SMILES string of the molecule is CCC(C)C(C(=O)NC(Cc1ccccc1)C(O)CN(Cc1ccccc1)NC(=O)N(CC(C)(C)C)C(=O)OC)N1CCN(Cc2cccnc2)C1=O. The monoisotopic (exact) mass is 729 g/mol. The Morgan fingerprint density at radius 3 is 2.19 bits per heavy atom. The van der Waals surface area contributed by atoms with Gasteiger partial charge in [-0.1, -0.05) is 108 Å². The highest BCUT2D eigenvalue weighted by atomic mass is 16.5. The number of amides is 6. The number of carbonyl (C=O) groups is 4. The molecule has 1 fully saturated rings. The molecule has 0 aliphatic carbocycles. The highest BCUT2D eigenvalue weighted by molar-refractivity contribution is 5.90. The van der Waals surface area contributed by atoms with Gasteiger partial charge in [0.05, 0.1) is 19.3 Å². The predicted octanol–water partition coefficient (Wildman–Crippen LogP) is 5.06. The lowest BCUT2D eigenvalue weighted by Crippen LogP contribution is -2.59. The largest absolute Gasteiger partial charge is 0.452 e. The Kier molecular flexibility index (Phi) is 14.7. The molecular weight excluding hydrogens is 674 g/mol. The molecule has 0 saturated carbocycles. The number of aliphatic hydroxyl groups is 1. The zero-order valence-electron chi connectivity index (χ0n) is 31.8. The normalized spacial score (nSPS) is 15.4. The zero-order valence-corrected chi connectivity index (χ0v) is 31.8.